The van der Waals surface area contributed by atoms with Crippen molar-refractivity contribution in [3.8, 4) is 0 Å². The summed E-state index contributed by atoms with van der Waals surface area (Å²) in [4.78, 5) is 14.6. The Bertz CT molecular complexity index is 695. The van der Waals surface area contributed by atoms with Crippen LogP contribution >= 0.6 is 0 Å². The van der Waals surface area contributed by atoms with Gasteiger partial charge in [0.15, 0.2) is 5.69 Å². The maximum Gasteiger partial charge on any atom is 0.273 e. The predicted octanol–water partition coefficient (Wildman–Crippen LogP) is 2.80. The monoisotopic (exact) mass is 327 g/mol. The maximum atomic E-state index is 12.1. The summed E-state index contributed by atoms with van der Waals surface area (Å²) in [6.45, 7) is 7.92. The van der Waals surface area contributed by atoms with Crippen LogP contribution in [-0.2, 0) is 13.0 Å². The minimum absolute atomic E-state index is 0.143. The highest BCUT2D eigenvalue weighted by atomic mass is 16.5. The highest BCUT2D eigenvalue weighted by molar-refractivity contribution is 5.92. The van der Waals surface area contributed by atoms with Crippen molar-refractivity contribution in [1.82, 2.24) is 15.4 Å². The Balaban J connectivity index is 1.46. The number of amides is 1. The molecule has 1 aromatic carbocycles. The van der Waals surface area contributed by atoms with Gasteiger partial charge < -0.3 is 9.84 Å². The predicted molar refractivity (Wildman–Crippen MR) is 92.8 cm³/mol. The van der Waals surface area contributed by atoms with E-state index < -0.39 is 0 Å². The lowest BCUT2D eigenvalue weighted by molar-refractivity contribution is 0.0938. The summed E-state index contributed by atoms with van der Waals surface area (Å²) in [5.74, 6) is 1.09. The number of likely N-dealkylation sites (tertiary alicyclic amines) is 1. The van der Waals surface area contributed by atoms with Crippen LogP contribution in [0.2, 0.25) is 0 Å². The lowest BCUT2D eigenvalue weighted by Gasteiger charge is -2.17. The van der Waals surface area contributed by atoms with Gasteiger partial charge >= 0.3 is 0 Å². The topological polar surface area (TPSA) is 58.4 Å². The van der Waals surface area contributed by atoms with Crippen molar-refractivity contribution in [2.24, 2.45) is 5.92 Å². The van der Waals surface area contributed by atoms with Crippen LogP contribution in [0.3, 0.4) is 0 Å². The van der Waals surface area contributed by atoms with Crippen LogP contribution in [0.25, 0.3) is 0 Å². The first kappa shape index (κ1) is 16.7. The van der Waals surface area contributed by atoms with Crippen molar-refractivity contribution in [2.75, 3.05) is 19.6 Å². The van der Waals surface area contributed by atoms with E-state index in [1.165, 1.54) is 11.1 Å². The second-order valence-electron chi connectivity index (χ2n) is 6.56. The van der Waals surface area contributed by atoms with Gasteiger partial charge in [0.1, 0.15) is 5.76 Å². The Kier molecular flexibility index (Phi) is 5.30. The summed E-state index contributed by atoms with van der Waals surface area (Å²) in [5.41, 5.74) is 3.10. The smallest absolute Gasteiger partial charge is 0.273 e. The Morgan fingerprint density at radius 3 is 3.00 bits per heavy atom. The number of nitrogens with zero attached hydrogens (tertiary/aromatic N) is 2. The van der Waals surface area contributed by atoms with E-state index in [0.29, 0.717) is 18.2 Å². The zero-order valence-electron chi connectivity index (χ0n) is 14.4. The zero-order valence-corrected chi connectivity index (χ0v) is 14.4. The van der Waals surface area contributed by atoms with Gasteiger partial charge in [0.25, 0.3) is 5.91 Å². The van der Waals surface area contributed by atoms with Crippen LogP contribution in [0.5, 0.6) is 0 Å². The third-order valence-corrected chi connectivity index (χ3v) is 4.72. The number of carbonyl (C=O) groups is 1. The molecule has 2 aromatic rings. The van der Waals surface area contributed by atoms with Crippen molar-refractivity contribution < 1.29 is 9.32 Å². The average molecular weight is 327 g/mol. The molecular weight excluding hydrogens is 302 g/mol. The number of rotatable bonds is 6. The Hall–Kier alpha value is -2.14. The second-order valence-corrected chi connectivity index (χ2v) is 6.56. The first-order valence-corrected chi connectivity index (χ1v) is 8.66. The largest absolute Gasteiger partial charge is 0.361 e. The normalized spacial score (nSPS) is 18.0. The van der Waals surface area contributed by atoms with Crippen molar-refractivity contribution in [3.63, 3.8) is 0 Å². The highest BCUT2D eigenvalue weighted by Crippen LogP contribution is 2.19. The summed E-state index contributed by atoms with van der Waals surface area (Å²) in [7, 11) is 0. The molecule has 5 heteroatoms. The second kappa shape index (κ2) is 7.62. The summed E-state index contributed by atoms with van der Waals surface area (Å²) < 4.78 is 5.08. The van der Waals surface area contributed by atoms with Gasteiger partial charge in [-0.05, 0) is 36.9 Å². The van der Waals surface area contributed by atoms with Crippen LogP contribution < -0.4 is 5.32 Å². The quantitative estimate of drug-likeness (QED) is 0.886. The summed E-state index contributed by atoms with van der Waals surface area (Å²) in [6.07, 6.45) is 1.86. The van der Waals surface area contributed by atoms with E-state index in [9.17, 15) is 4.79 Å². The van der Waals surface area contributed by atoms with Gasteiger partial charge in [-0.25, -0.2) is 0 Å². The van der Waals surface area contributed by atoms with E-state index in [0.717, 1.165) is 38.2 Å². The van der Waals surface area contributed by atoms with E-state index >= 15 is 0 Å². The molecular formula is C19H25N3O2. The lowest BCUT2D eigenvalue weighted by atomic mass is 10.1. The van der Waals surface area contributed by atoms with Crippen LogP contribution in [0.4, 0.5) is 0 Å². The van der Waals surface area contributed by atoms with Gasteiger partial charge in [-0.3, -0.25) is 9.69 Å². The zero-order chi connectivity index (χ0) is 16.9. The number of nitrogens with one attached hydrogen (secondary N) is 1. The Labute approximate surface area is 143 Å². The molecule has 0 saturated carbocycles. The molecule has 1 fully saturated rings. The fraction of sp³-hybridized carbons (Fsp3) is 0.474. The van der Waals surface area contributed by atoms with Crippen LogP contribution in [0.15, 0.2) is 34.9 Å². The van der Waals surface area contributed by atoms with E-state index in [1.807, 2.05) is 6.92 Å². The van der Waals surface area contributed by atoms with Gasteiger partial charge in [-0.1, -0.05) is 36.3 Å². The summed E-state index contributed by atoms with van der Waals surface area (Å²) in [5, 5.41) is 6.80. The molecule has 1 aliphatic heterocycles. The number of benzene rings is 1. The van der Waals surface area contributed by atoms with Crippen LogP contribution in [0.1, 0.15) is 40.7 Å². The van der Waals surface area contributed by atoms with Crippen molar-refractivity contribution in [1.29, 1.82) is 0 Å². The molecule has 1 atom stereocenters. The lowest BCUT2D eigenvalue weighted by Crippen LogP contribution is -2.31. The number of hydrogen-bond donors (Lipinski definition) is 1. The molecule has 1 N–H and O–H groups in total. The third-order valence-electron chi connectivity index (χ3n) is 4.72. The third kappa shape index (κ3) is 4.03. The maximum absolute atomic E-state index is 12.1. The number of aryl methyl sites for hydroxylation is 2. The molecule has 24 heavy (non-hydrogen) atoms. The molecule has 1 aliphatic rings. The number of aromatic nitrogens is 1. The Morgan fingerprint density at radius 2 is 2.25 bits per heavy atom. The first-order valence-electron chi connectivity index (χ1n) is 8.66. The van der Waals surface area contributed by atoms with Gasteiger partial charge in [-0.2, -0.15) is 0 Å². The SMILES string of the molecule is CCc1cc(C(=O)NC[C@H]2CCN(Cc3ccccc3C)C2)no1. The van der Waals surface area contributed by atoms with Gasteiger partial charge in [-0.15, -0.1) is 0 Å². The molecule has 1 aromatic heterocycles. The van der Waals surface area contributed by atoms with Crippen LogP contribution in [0, 0.1) is 12.8 Å². The molecule has 3 rings (SSSR count). The molecule has 0 aliphatic carbocycles. The number of hydrogen-bond acceptors (Lipinski definition) is 4. The van der Waals surface area contributed by atoms with Gasteiger partial charge in [0.2, 0.25) is 0 Å². The van der Waals surface area contributed by atoms with E-state index in [1.54, 1.807) is 6.07 Å². The standard InChI is InChI=1S/C19H25N3O2/c1-3-17-10-18(21-24-17)19(23)20-11-15-8-9-22(12-15)13-16-7-5-4-6-14(16)2/h4-7,10,15H,3,8-9,11-13H2,1-2H3,(H,20,23)/t15-/m1/s1. The van der Waals surface area contributed by atoms with E-state index in [4.69, 9.17) is 4.52 Å². The van der Waals surface area contributed by atoms with E-state index in [2.05, 4.69) is 46.6 Å². The number of carbonyl (C=O) groups excluding carboxylic acids is 1. The Morgan fingerprint density at radius 1 is 1.42 bits per heavy atom. The van der Waals surface area contributed by atoms with Crippen molar-refractivity contribution >= 4 is 5.91 Å². The van der Waals surface area contributed by atoms with Gasteiger partial charge in [0.05, 0.1) is 0 Å². The molecule has 1 saturated heterocycles. The molecule has 128 valence electrons. The molecule has 5 nitrogen and oxygen atoms in total. The molecule has 2 heterocycles. The molecule has 0 radical (unpaired) electrons. The minimum atomic E-state index is -0.143. The minimum Gasteiger partial charge on any atom is -0.361 e. The fourth-order valence-corrected chi connectivity index (χ4v) is 3.17. The first-order chi connectivity index (χ1) is 11.7. The summed E-state index contributed by atoms with van der Waals surface area (Å²) in [6, 6.07) is 10.2. The van der Waals surface area contributed by atoms with Crippen LogP contribution in [-0.4, -0.2) is 35.6 Å². The molecule has 1 amide bonds. The van der Waals surface area contributed by atoms with Crippen molar-refractivity contribution in [2.45, 2.75) is 33.2 Å². The van der Waals surface area contributed by atoms with Crippen molar-refractivity contribution in [3.05, 3.63) is 52.9 Å². The molecule has 0 bridgehead atoms. The van der Waals surface area contributed by atoms with Gasteiger partial charge in [0, 0.05) is 32.1 Å². The molecule has 0 spiro atoms. The fourth-order valence-electron chi connectivity index (χ4n) is 3.17. The highest BCUT2D eigenvalue weighted by Gasteiger charge is 2.23. The van der Waals surface area contributed by atoms with E-state index in [-0.39, 0.29) is 5.91 Å². The summed E-state index contributed by atoms with van der Waals surface area (Å²) >= 11 is 0. The average Bonchev–Trinajstić information content (AvgIpc) is 3.24. The molecule has 0 unspecified atom stereocenters.